The highest BCUT2D eigenvalue weighted by molar-refractivity contribution is 6.09. The molecule has 35 heavy (non-hydrogen) atoms. The number of anilines is 2. The molecular formula is C28H34N4O3. The minimum Gasteiger partial charge on any atom is -0.358 e. The molecule has 0 radical (unpaired) electrons. The number of carbonyl (C=O) groups is 3. The first-order valence-electron chi connectivity index (χ1n) is 12.8. The van der Waals surface area contributed by atoms with Gasteiger partial charge in [-0.15, -0.1) is 0 Å². The minimum atomic E-state index is -0.246. The molecule has 3 amide bonds. The van der Waals surface area contributed by atoms with Crippen molar-refractivity contribution in [1.29, 1.82) is 0 Å². The zero-order valence-electron chi connectivity index (χ0n) is 20.5. The smallest absolute Gasteiger partial charge is 0.253 e. The van der Waals surface area contributed by atoms with Crippen molar-refractivity contribution in [1.82, 2.24) is 10.2 Å². The third-order valence-corrected chi connectivity index (χ3v) is 7.43. The van der Waals surface area contributed by atoms with Gasteiger partial charge in [0.25, 0.3) is 5.91 Å². The van der Waals surface area contributed by atoms with E-state index in [2.05, 4.69) is 10.2 Å². The van der Waals surface area contributed by atoms with E-state index in [0.29, 0.717) is 17.8 Å². The lowest BCUT2D eigenvalue weighted by Gasteiger charge is -2.45. The highest BCUT2D eigenvalue weighted by atomic mass is 16.2. The van der Waals surface area contributed by atoms with Crippen LogP contribution < -0.4 is 15.1 Å². The number of likely N-dealkylation sites (tertiary alicyclic amines) is 1. The number of nitrogens with zero attached hydrogens (tertiary/aromatic N) is 3. The van der Waals surface area contributed by atoms with Crippen LogP contribution in [0.15, 0.2) is 42.5 Å². The molecule has 3 aliphatic heterocycles. The van der Waals surface area contributed by atoms with E-state index in [9.17, 15) is 14.4 Å². The van der Waals surface area contributed by atoms with E-state index in [1.54, 1.807) is 4.90 Å². The standard InChI is InChI=1S/C28H34N4O3/c1-20-8-10-21(11-9-20)18-29-26(33)19-32-25-17-22(27(34)30-14-4-2-5-15-30)12-13-23(25)31-16-6-3-7-24(31)28(32)35/h8-13,17,24H,2-7,14-16,18-19H2,1H3,(H,29,33). The number of piperidine rings is 2. The van der Waals surface area contributed by atoms with Crippen molar-refractivity contribution in [2.24, 2.45) is 0 Å². The summed E-state index contributed by atoms with van der Waals surface area (Å²) in [6.07, 6.45) is 6.03. The summed E-state index contributed by atoms with van der Waals surface area (Å²) in [6.45, 7) is 4.75. The lowest BCUT2D eigenvalue weighted by Crippen LogP contribution is -2.57. The number of hydrogen-bond acceptors (Lipinski definition) is 4. The Balaban J connectivity index is 1.39. The second kappa shape index (κ2) is 10.1. The molecule has 0 bridgehead atoms. The topological polar surface area (TPSA) is 73.0 Å². The molecule has 0 saturated carbocycles. The maximum absolute atomic E-state index is 13.6. The molecule has 3 heterocycles. The van der Waals surface area contributed by atoms with Crippen molar-refractivity contribution in [3.8, 4) is 0 Å². The number of aryl methyl sites for hydroxylation is 1. The Labute approximate surface area is 207 Å². The van der Waals surface area contributed by atoms with Crippen LogP contribution in [0.1, 0.15) is 60.0 Å². The van der Waals surface area contributed by atoms with Crippen LogP contribution in [-0.2, 0) is 16.1 Å². The molecule has 0 spiro atoms. The van der Waals surface area contributed by atoms with Crippen LogP contribution in [0.5, 0.6) is 0 Å². The van der Waals surface area contributed by atoms with Gasteiger partial charge in [0, 0.05) is 31.7 Å². The summed E-state index contributed by atoms with van der Waals surface area (Å²) >= 11 is 0. The third-order valence-electron chi connectivity index (χ3n) is 7.43. The summed E-state index contributed by atoms with van der Waals surface area (Å²) in [6, 6.07) is 13.5. The van der Waals surface area contributed by atoms with Gasteiger partial charge in [-0.05, 0) is 69.2 Å². The first-order chi connectivity index (χ1) is 17.0. The minimum absolute atomic E-state index is 0.00416. The Morgan fingerprint density at radius 1 is 0.914 bits per heavy atom. The molecule has 1 N–H and O–H groups in total. The van der Waals surface area contributed by atoms with E-state index < -0.39 is 0 Å². The van der Waals surface area contributed by atoms with Crippen LogP contribution in [0, 0.1) is 6.92 Å². The molecule has 2 aromatic carbocycles. The van der Waals surface area contributed by atoms with Crippen LogP contribution in [0.2, 0.25) is 0 Å². The fourth-order valence-corrected chi connectivity index (χ4v) is 5.44. The first kappa shape index (κ1) is 23.4. The SMILES string of the molecule is Cc1ccc(CNC(=O)CN2C(=O)C3CCCCN3c3ccc(C(=O)N4CCCCC4)cc32)cc1. The summed E-state index contributed by atoms with van der Waals surface area (Å²) < 4.78 is 0. The third kappa shape index (κ3) is 4.90. The molecule has 7 nitrogen and oxygen atoms in total. The maximum atomic E-state index is 13.6. The van der Waals surface area contributed by atoms with E-state index in [0.717, 1.165) is 69.4 Å². The Hall–Kier alpha value is -3.35. The van der Waals surface area contributed by atoms with Crippen LogP contribution in [0.25, 0.3) is 0 Å². The summed E-state index contributed by atoms with van der Waals surface area (Å²) in [5.41, 5.74) is 4.38. The summed E-state index contributed by atoms with van der Waals surface area (Å²) in [5, 5.41) is 2.96. The number of benzene rings is 2. The van der Waals surface area contributed by atoms with Crippen molar-refractivity contribution < 1.29 is 14.4 Å². The molecule has 2 aromatic rings. The van der Waals surface area contributed by atoms with Crippen LogP contribution in [0.3, 0.4) is 0 Å². The van der Waals surface area contributed by atoms with E-state index in [4.69, 9.17) is 0 Å². The fourth-order valence-electron chi connectivity index (χ4n) is 5.44. The normalized spacial score (nSPS) is 19.7. The van der Waals surface area contributed by atoms with Crippen molar-refractivity contribution in [2.45, 2.75) is 58.0 Å². The van der Waals surface area contributed by atoms with Gasteiger partial charge in [-0.25, -0.2) is 0 Å². The predicted molar refractivity (Wildman–Crippen MR) is 137 cm³/mol. The van der Waals surface area contributed by atoms with Crippen LogP contribution in [0.4, 0.5) is 11.4 Å². The number of carbonyl (C=O) groups excluding carboxylic acids is 3. The lowest BCUT2D eigenvalue weighted by atomic mass is 9.95. The molecule has 0 aliphatic carbocycles. The predicted octanol–water partition coefficient (Wildman–Crippen LogP) is 3.64. The van der Waals surface area contributed by atoms with Crippen molar-refractivity contribution >= 4 is 29.1 Å². The molecular weight excluding hydrogens is 440 g/mol. The zero-order valence-corrected chi connectivity index (χ0v) is 20.5. The molecule has 0 aromatic heterocycles. The first-order valence-corrected chi connectivity index (χ1v) is 12.8. The van der Waals surface area contributed by atoms with Crippen LogP contribution in [-0.4, -0.2) is 54.8 Å². The molecule has 1 unspecified atom stereocenters. The highest BCUT2D eigenvalue weighted by Gasteiger charge is 2.40. The van der Waals surface area contributed by atoms with Crippen molar-refractivity contribution in [2.75, 3.05) is 36.0 Å². The Morgan fingerprint density at radius 3 is 2.43 bits per heavy atom. The maximum Gasteiger partial charge on any atom is 0.253 e. The average molecular weight is 475 g/mol. The second-order valence-corrected chi connectivity index (χ2v) is 9.95. The molecule has 5 rings (SSSR count). The number of fused-ring (bicyclic) bond motifs is 3. The number of hydrogen-bond donors (Lipinski definition) is 1. The molecule has 1 atom stereocenters. The second-order valence-electron chi connectivity index (χ2n) is 9.95. The lowest BCUT2D eigenvalue weighted by molar-refractivity contribution is -0.125. The van der Waals surface area contributed by atoms with Crippen molar-refractivity contribution in [3.05, 3.63) is 59.2 Å². The van der Waals surface area contributed by atoms with E-state index >= 15 is 0 Å². The van der Waals surface area contributed by atoms with E-state index in [-0.39, 0.29) is 30.3 Å². The molecule has 7 heteroatoms. The summed E-state index contributed by atoms with van der Waals surface area (Å²) in [5.74, 6) is -0.253. The Kier molecular flexibility index (Phi) is 6.75. The average Bonchev–Trinajstić information content (AvgIpc) is 2.90. The van der Waals surface area contributed by atoms with Gasteiger partial charge >= 0.3 is 0 Å². The van der Waals surface area contributed by atoms with E-state index in [1.165, 1.54) is 5.56 Å². The van der Waals surface area contributed by atoms with E-state index in [1.807, 2.05) is 54.3 Å². The Bertz CT molecular complexity index is 1110. The van der Waals surface area contributed by atoms with Crippen LogP contribution >= 0.6 is 0 Å². The summed E-state index contributed by atoms with van der Waals surface area (Å²) in [4.78, 5) is 45.4. The van der Waals surface area contributed by atoms with Gasteiger partial charge < -0.3 is 15.1 Å². The van der Waals surface area contributed by atoms with Gasteiger partial charge in [0.1, 0.15) is 12.6 Å². The van der Waals surface area contributed by atoms with Gasteiger partial charge in [-0.2, -0.15) is 0 Å². The number of nitrogens with one attached hydrogen (secondary N) is 1. The largest absolute Gasteiger partial charge is 0.358 e. The monoisotopic (exact) mass is 474 g/mol. The fraction of sp³-hybridized carbons (Fsp3) is 0.464. The van der Waals surface area contributed by atoms with Gasteiger partial charge in [0.05, 0.1) is 11.4 Å². The molecule has 184 valence electrons. The van der Waals surface area contributed by atoms with Gasteiger partial charge in [0.15, 0.2) is 0 Å². The van der Waals surface area contributed by atoms with Crippen molar-refractivity contribution in [3.63, 3.8) is 0 Å². The highest BCUT2D eigenvalue weighted by Crippen LogP contribution is 2.40. The summed E-state index contributed by atoms with van der Waals surface area (Å²) in [7, 11) is 0. The molecule has 2 fully saturated rings. The quantitative estimate of drug-likeness (QED) is 0.718. The number of amides is 3. The van der Waals surface area contributed by atoms with Gasteiger partial charge in [0.2, 0.25) is 11.8 Å². The molecule has 3 aliphatic rings. The van der Waals surface area contributed by atoms with Gasteiger partial charge in [-0.1, -0.05) is 29.8 Å². The zero-order chi connectivity index (χ0) is 24.4. The molecule has 2 saturated heterocycles. The number of rotatable bonds is 5. The Morgan fingerprint density at radius 2 is 1.66 bits per heavy atom. The van der Waals surface area contributed by atoms with Gasteiger partial charge in [-0.3, -0.25) is 19.3 Å².